The summed E-state index contributed by atoms with van der Waals surface area (Å²) in [7, 11) is 1.80. The molecule has 0 spiro atoms. The number of nitrogens with zero attached hydrogens (tertiary/aromatic N) is 6. The van der Waals surface area contributed by atoms with Crippen LogP contribution in [0.5, 0.6) is 0 Å². The summed E-state index contributed by atoms with van der Waals surface area (Å²) in [6.07, 6.45) is 1.66. The van der Waals surface area contributed by atoms with E-state index in [2.05, 4.69) is 30.9 Å². The third-order valence-corrected chi connectivity index (χ3v) is 2.34. The van der Waals surface area contributed by atoms with Crippen LogP contribution < -0.4 is 0 Å². The fraction of sp³-hybridized carbons (Fsp3) is 0.400. The molecular weight excluding hydrogens is 190 g/mol. The quantitative estimate of drug-likeness (QED) is 0.675. The van der Waals surface area contributed by atoms with Gasteiger partial charge in [0.05, 0.1) is 11.9 Å². The van der Waals surface area contributed by atoms with E-state index < -0.39 is 0 Å². The molecule has 0 aliphatic carbocycles. The Labute approximate surface area is 77.9 Å². The average Bonchev–Trinajstić information content (AvgIpc) is 2.72. The van der Waals surface area contributed by atoms with E-state index in [4.69, 9.17) is 0 Å². The Morgan fingerprint density at radius 2 is 2.54 bits per heavy atom. The SMILES string of the molecule is Cn1nnnc1CSc1cn[nH]n1. The van der Waals surface area contributed by atoms with Gasteiger partial charge >= 0.3 is 0 Å². The monoisotopic (exact) mass is 197 g/mol. The van der Waals surface area contributed by atoms with Crippen LogP contribution in [-0.4, -0.2) is 35.6 Å². The minimum Gasteiger partial charge on any atom is -0.232 e. The molecule has 0 amide bonds. The molecule has 68 valence electrons. The second-order valence-corrected chi connectivity index (χ2v) is 3.31. The number of H-pyrrole nitrogens is 1. The molecule has 0 aliphatic heterocycles. The minimum absolute atomic E-state index is 0.691. The molecule has 1 N–H and O–H groups in total. The van der Waals surface area contributed by atoms with Crippen molar-refractivity contribution < 1.29 is 0 Å². The van der Waals surface area contributed by atoms with Crippen LogP contribution in [0.4, 0.5) is 0 Å². The van der Waals surface area contributed by atoms with Gasteiger partial charge in [-0.1, -0.05) is 11.8 Å². The lowest BCUT2D eigenvalue weighted by molar-refractivity contribution is 0.693. The van der Waals surface area contributed by atoms with Crippen molar-refractivity contribution in [1.29, 1.82) is 0 Å². The fourth-order valence-corrected chi connectivity index (χ4v) is 1.52. The standard InChI is InChI=1S/C5H7N7S/c1-12-4(7-10-11-12)3-13-5-2-6-9-8-5/h2H,3H2,1H3,(H,6,8,9). The van der Waals surface area contributed by atoms with Crippen LogP contribution in [0.25, 0.3) is 0 Å². The molecule has 2 rings (SSSR count). The molecule has 0 bridgehead atoms. The lowest BCUT2D eigenvalue weighted by Crippen LogP contribution is -1.97. The second-order valence-electron chi connectivity index (χ2n) is 2.32. The molecule has 7 nitrogen and oxygen atoms in total. The van der Waals surface area contributed by atoms with Gasteiger partial charge in [0.2, 0.25) is 0 Å². The van der Waals surface area contributed by atoms with Gasteiger partial charge in [-0.15, -0.1) is 10.2 Å². The van der Waals surface area contributed by atoms with Gasteiger partial charge < -0.3 is 0 Å². The highest BCUT2D eigenvalue weighted by atomic mass is 32.2. The first-order valence-corrected chi connectivity index (χ1v) is 4.54. The van der Waals surface area contributed by atoms with E-state index in [-0.39, 0.29) is 0 Å². The van der Waals surface area contributed by atoms with E-state index in [0.717, 1.165) is 10.9 Å². The third-order valence-electron chi connectivity index (χ3n) is 1.45. The van der Waals surface area contributed by atoms with Gasteiger partial charge in [0, 0.05) is 7.05 Å². The lowest BCUT2D eigenvalue weighted by atomic mass is 10.7. The predicted molar refractivity (Wildman–Crippen MR) is 44.7 cm³/mol. The Bertz CT molecular complexity index is 366. The third kappa shape index (κ3) is 1.83. The normalized spacial score (nSPS) is 10.5. The van der Waals surface area contributed by atoms with Gasteiger partial charge in [-0.2, -0.15) is 10.3 Å². The molecule has 8 heteroatoms. The van der Waals surface area contributed by atoms with Crippen molar-refractivity contribution in [2.45, 2.75) is 10.8 Å². The Kier molecular flexibility index (Phi) is 2.21. The van der Waals surface area contributed by atoms with E-state index >= 15 is 0 Å². The summed E-state index contributed by atoms with van der Waals surface area (Å²) in [6.45, 7) is 0. The molecule has 0 saturated carbocycles. The fourth-order valence-electron chi connectivity index (χ4n) is 0.769. The number of hydrogen-bond donors (Lipinski definition) is 1. The summed E-state index contributed by atoms with van der Waals surface area (Å²) in [5, 5.41) is 22.0. The Hall–Kier alpha value is -1.44. The van der Waals surface area contributed by atoms with Crippen molar-refractivity contribution in [3.63, 3.8) is 0 Å². The van der Waals surface area contributed by atoms with Gasteiger partial charge in [-0.05, 0) is 10.4 Å². The Balaban J connectivity index is 1.97. The predicted octanol–water partition coefficient (Wildman–Crippen LogP) is -0.380. The number of thioether (sulfide) groups is 1. The Morgan fingerprint density at radius 3 is 3.15 bits per heavy atom. The van der Waals surface area contributed by atoms with E-state index in [9.17, 15) is 0 Å². The van der Waals surface area contributed by atoms with Crippen LogP contribution in [0.1, 0.15) is 5.82 Å². The van der Waals surface area contributed by atoms with Crippen LogP contribution >= 0.6 is 11.8 Å². The van der Waals surface area contributed by atoms with Crippen molar-refractivity contribution in [2.75, 3.05) is 0 Å². The first-order valence-electron chi connectivity index (χ1n) is 3.56. The molecule has 2 aromatic heterocycles. The largest absolute Gasteiger partial charge is 0.232 e. The molecular formula is C5H7N7S. The summed E-state index contributed by atoms with van der Waals surface area (Å²) in [5.41, 5.74) is 0. The number of hydrogen-bond acceptors (Lipinski definition) is 6. The van der Waals surface area contributed by atoms with Gasteiger partial charge in [0.1, 0.15) is 5.03 Å². The van der Waals surface area contributed by atoms with E-state index in [1.165, 1.54) is 11.8 Å². The number of tetrazole rings is 1. The number of aryl methyl sites for hydroxylation is 1. The molecule has 0 radical (unpaired) electrons. The molecule has 2 heterocycles. The zero-order chi connectivity index (χ0) is 9.10. The molecule has 0 atom stereocenters. The van der Waals surface area contributed by atoms with Crippen LogP contribution in [0.3, 0.4) is 0 Å². The molecule has 2 aromatic rings. The molecule has 0 unspecified atom stereocenters. The first kappa shape index (κ1) is 8.17. The maximum atomic E-state index is 3.89. The summed E-state index contributed by atoms with van der Waals surface area (Å²) in [4.78, 5) is 0. The summed E-state index contributed by atoms with van der Waals surface area (Å²) >= 11 is 1.53. The zero-order valence-corrected chi connectivity index (χ0v) is 7.69. The van der Waals surface area contributed by atoms with Crippen molar-refractivity contribution in [3.05, 3.63) is 12.0 Å². The highest BCUT2D eigenvalue weighted by Gasteiger charge is 2.03. The van der Waals surface area contributed by atoms with E-state index in [1.54, 1.807) is 17.9 Å². The molecule has 0 fully saturated rings. The van der Waals surface area contributed by atoms with Crippen molar-refractivity contribution in [2.24, 2.45) is 7.05 Å². The molecule has 0 aliphatic rings. The zero-order valence-electron chi connectivity index (χ0n) is 6.88. The lowest BCUT2D eigenvalue weighted by Gasteiger charge is -1.94. The summed E-state index contributed by atoms with van der Waals surface area (Å²) in [5.74, 6) is 1.50. The summed E-state index contributed by atoms with van der Waals surface area (Å²) < 4.78 is 1.63. The highest BCUT2D eigenvalue weighted by Crippen LogP contribution is 2.16. The van der Waals surface area contributed by atoms with Gasteiger partial charge in [-0.25, -0.2) is 4.68 Å². The second kappa shape index (κ2) is 3.52. The van der Waals surface area contributed by atoms with Crippen molar-refractivity contribution in [3.8, 4) is 0 Å². The smallest absolute Gasteiger partial charge is 0.161 e. The molecule has 0 saturated heterocycles. The number of rotatable bonds is 3. The van der Waals surface area contributed by atoms with Gasteiger partial charge in [0.25, 0.3) is 0 Å². The van der Waals surface area contributed by atoms with Crippen LogP contribution in [0.2, 0.25) is 0 Å². The van der Waals surface area contributed by atoms with E-state index in [1.807, 2.05) is 0 Å². The van der Waals surface area contributed by atoms with Gasteiger partial charge in [0.15, 0.2) is 5.82 Å². The topological polar surface area (TPSA) is 85.2 Å². The van der Waals surface area contributed by atoms with Crippen LogP contribution in [0, 0.1) is 0 Å². The molecule has 0 aromatic carbocycles. The van der Waals surface area contributed by atoms with Crippen molar-refractivity contribution in [1.82, 2.24) is 35.6 Å². The number of aromatic amines is 1. The molecule has 13 heavy (non-hydrogen) atoms. The maximum Gasteiger partial charge on any atom is 0.161 e. The van der Waals surface area contributed by atoms with Crippen molar-refractivity contribution >= 4 is 11.8 Å². The Morgan fingerprint density at radius 1 is 1.62 bits per heavy atom. The number of nitrogens with one attached hydrogen (secondary N) is 1. The average molecular weight is 197 g/mol. The minimum atomic E-state index is 0.691. The number of aromatic nitrogens is 7. The van der Waals surface area contributed by atoms with Gasteiger partial charge in [-0.3, -0.25) is 0 Å². The van der Waals surface area contributed by atoms with Crippen LogP contribution in [-0.2, 0) is 12.8 Å². The maximum absolute atomic E-state index is 3.89. The van der Waals surface area contributed by atoms with E-state index in [0.29, 0.717) is 5.75 Å². The summed E-state index contributed by atoms with van der Waals surface area (Å²) in [6, 6.07) is 0. The first-order chi connectivity index (χ1) is 6.36. The van der Waals surface area contributed by atoms with Crippen LogP contribution in [0.15, 0.2) is 11.2 Å². The highest BCUT2D eigenvalue weighted by molar-refractivity contribution is 7.98.